The van der Waals surface area contributed by atoms with Crippen LogP contribution in [0.1, 0.15) is 39.5 Å². The third-order valence-electron chi connectivity index (χ3n) is 6.24. The molecule has 4 rings (SSSR count). The molecule has 0 unspecified atom stereocenters. The van der Waals surface area contributed by atoms with Crippen LogP contribution in [0.25, 0.3) is 11.1 Å². The third kappa shape index (κ3) is 5.25. The molecule has 2 atom stereocenters. The zero-order valence-corrected chi connectivity index (χ0v) is 19.5. The molecule has 0 bridgehead atoms. The maximum Gasteiger partial charge on any atom is 0.255 e. The van der Waals surface area contributed by atoms with Crippen molar-refractivity contribution in [3.05, 3.63) is 82.5 Å². The molecule has 1 amide bonds. The summed E-state index contributed by atoms with van der Waals surface area (Å²) in [5, 5.41) is 15.4. The van der Waals surface area contributed by atoms with Gasteiger partial charge in [0, 0.05) is 24.8 Å². The predicted octanol–water partition coefficient (Wildman–Crippen LogP) is 3.36. The molecular formula is C27H29N5O2. The van der Waals surface area contributed by atoms with Crippen LogP contribution in [-0.2, 0) is 17.8 Å². The predicted molar refractivity (Wildman–Crippen MR) is 132 cm³/mol. The van der Waals surface area contributed by atoms with E-state index < -0.39 is 0 Å². The van der Waals surface area contributed by atoms with Crippen LogP contribution in [0.15, 0.2) is 54.7 Å². The van der Waals surface area contributed by atoms with Crippen LogP contribution in [0, 0.1) is 18.3 Å². The first kappa shape index (κ1) is 23.4. The molecule has 2 aromatic carbocycles. The molecule has 7 nitrogen and oxygen atoms in total. The molecule has 1 fully saturated rings. The second kappa shape index (κ2) is 10.5. The Morgan fingerprint density at radius 3 is 2.74 bits per heavy atom. The number of hydrogen-bond acceptors (Lipinski definition) is 6. The van der Waals surface area contributed by atoms with E-state index in [0.29, 0.717) is 30.8 Å². The lowest BCUT2D eigenvalue weighted by Gasteiger charge is -2.21. The van der Waals surface area contributed by atoms with Gasteiger partial charge in [0.05, 0.1) is 35.9 Å². The first-order valence-electron chi connectivity index (χ1n) is 11.5. The Bertz CT molecular complexity index is 1220. The van der Waals surface area contributed by atoms with Gasteiger partial charge in [-0.25, -0.2) is 4.98 Å². The van der Waals surface area contributed by atoms with E-state index in [0.717, 1.165) is 23.1 Å². The van der Waals surface area contributed by atoms with Crippen molar-refractivity contribution in [1.29, 1.82) is 5.26 Å². The fourth-order valence-electron chi connectivity index (χ4n) is 4.17. The Morgan fingerprint density at radius 2 is 2.00 bits per heavy atom. The molecule has 1 aromatic heterocycles. The molecule has 0 radical (unpaired) electrons. The molecule has 0 aliphatic carbocycles. The maximum absolute atomic E-state index is 13.1. The minimum atomic E-state index is -0.286. The summed E-state index contributed by atoms with van der Waals surface area (Å²) in [6.45, 7) is 6.04. The van der Waals surface area contributed by atoms with Crippen molar-refractivity contribution in [2.75, 3.05) is 18.8 Å². The number of pyridine rings is 1. The van der Waals surface area contributed by atoms with Crippen LogP contribution in [0.3, 0.4) is 0 Å². The highest BCUT2D eigenvalue weighted by Gasteiger charge is 2.30. The van der Waals surface area contributed by atoms with Crippen molar-refractivity contribution in [1.82, 2.24) is 15.6 Å². The van der Waals surface area contributed by atoms with Crippen LogP contribution >= 0.6 is 0 Å². The molecule has 1 aliphatic heterocycles. The van der Waals surface area contributed by atoms with Gasteiger partial charge in [0.25, 0.3) is 5.91 Å². The summed E-state index contributed by atoms with van der Waals surface area (Å²) >= 11 is 0. The summed E-state index contributed by atoms with van der Waals surface area (Å²) < 4.78 is 6.17. The summed E-state index contributed by atoms with van der Waals surface area (Å²) in [6.07, 6.45) is 2.47. The van der Waals surface area contributed by atoms with Gasteiger partial charge in [-0.15, -0.1) is 0 Å². The quantitative estimate of drug-likeness (QED) is 0.504. The lowest BCUT2D eigenvalue weighted by Crippen LogP contribution is -2.44. The summed E-state index contributed by atoms with van der Waals surface area (Å²) in [5.74, 6) is -0.114. The van der Waals surface area contributed by atoms with Gasteiger partial charge in [-0.05, 0) is 53.8 Å². The maximum atomic E-state index is 13.1. The van der Waals surface area contributed by atoms with Gasteiger partial charge in [-0.3, -0.25) is 4.79 Å². The Balaban J connectivity index is 1.43. The Hall–Kier alpha value is -3.73. The SMILES string of the molecule is CCc1cc(CO[C@H]2CNC[C@@H]2NC(=O)c2cc(-c3ccc(C#N)cc3)cnc2N)ccc1C. The average molecular weight is 456 g/mol. The van der Waals surface area contributed by atoms with Crippen molar-refractivity contribution < 1.29 is 9.53 Å². The molecule has 4 N–H and O–H groups in total. The number of nitrogens with one attached hydrogen (secondary N) is 2. The number of nitrogens with two attached hydrogens (primary N) is 1. The van der Waals surface area contributed by atoms with Crippen molar-refractivity contribution in [3.63, 3.8) is 0 Å². The van der Waals surface area contributed by atoms with Gasteiger partial charge >= 0.3 is 0 Å². The molecule has 3 aromatic rings. The van der Waals surface area contributed by atoms with Crippen molar-refractivity contribution in [2.24, 2.45) is 0 Å². The number of aryl methyl sites for hydroxylation is 2. The van der Waals surface area contributed by atoms with Crippen LogP contribution < -0.4 is 16.4 Å². The zero-order valence-electron chi connectivity index (χ0n) is 19.5. The van der Waals surface area contributed by atoms with E-state index >= 15 is 0 Å². The fraction of sp³-hybridized carbons (Fsp3) is 0.296. The number of benzene rings is 2. The number of nitrogens with zero attached hydrogens (tertiary/aromatic N) is 2. The highest BCUT2D eigenvalue weighted by Crippen LogP contribution is 2.23. The molecule has 2 heterocycles. The number of nitrogen functional groups attached to an aromatic ring is 1. The minimum Gasteiger partial charge on any atom is -0.383 e. The first-order chi connectivity index (χ1) is 16.5. The lowest BCUT2D eigenvalue weighted by molar-refractivity contribution is 0.0357. The monoisotopic (exact) mass is 455 g/mol. The third-order valence-corrected chi connectivity index (χ3v) is 6.24. The topological polar surface area (TPSA) is 113 Å². The van der Waals surface area contributed by atoms with E-state index in [1.165, 1.54) is 11.1 Å². The summed E-state index contributed by atoms with van der Waals surface area (Å²) in [5.41, 5.74) is 12.3. The molecule has 1 saturated heterocycles. The number of carbonyl (C=O) groups excluding carboxylic acids is 1. The van der Waals surface area contributed by atoms with E-state index in [-0.39, 0.29) is 23.9 Å². The van der Waals surface area contributed by atoms with Crippen LogP contribution in [-0.4, -0.2) is 36.1 Å². The van der Waals surface area contributed by atoms with Gasteiger partial charge < -0.3 is 21.1 Å². The Kier molecular flexibility index (Phi) is 7.21. The number of hydrogen-bond donors (Lipinski definition) is 3. The largest absolute Gasteiger partial charge is 0.383 e. The molecule has 0 saturated carbocycles. The molecular weight excluding hydrogens is 426 g/mol. The summed E-state index contributed by atoms with van der Waals surface area (Å²) in [7, 11) is 0. The van der Waals surface area contributed by atoms with E-state index in [1.54, 1.807) is 24.4 Å². The Morgan fingerprint density at radius 1 is 1.21 bits per heavy atom. The van der Waals surface area contributed by atoms with E-state index in [2.05, 4.69) is 53.7 Å². The number of aromatic nitrogens is 1. The van der Waals surface area contributed by atoms with Crippen LogP contribution in [0.5, 0.6) is 0 Å². The lowest BCUT2D eigenvalue weighted by atomic mass is 10.0. The van der Waals surface area contributed by atoms with E-state index in [4.69, 9.17) is 15.7 Å². The standard InChI is InChI=1S/C27H29N5O2/c1-3-20-10-19(5-4-17(20)2)16-34-25-15-30-14-24(25)32-27(33)23-11-22(13-31-26(23)29)21-8-6-18(12-28)7-9-21/h4-11,13,24-25,30H,3,14-16H2,1-2H3,(H2,29,31)(H,32,33)/t24-,25-/m0/s1. The van der Waals surface area contributed by atoms with E-state index in [9.17, 15) is 4.79 Å². The molecule has 1 aliphatic rings. The van der Waals surface area contributed by atoms with Crippen molar-refractivity contribution in [2.45, 2.75) is 39.0 Å². The number of anilines is 1. The number of carbonyl (C=O) groups is 1. The van der Waals surface area contributed by atoms with Crippen LogP contribution in [0.2, 0.25) is 0 Å². The highest BCUT2D eigenvalue weighted by atomic mass is 16.5. The highest BCUT2D eigenvalue weighted by molar-refractivity contribution is 5.99. The average Bonchev–Trinajstić information content (AvgIpc) is 3.30. The molecule has 174 valence electrons. The zero-order chi connectivity index (χ0) is 24.1. The van der Waals surface area contributed by atoms with Gasteiger partial charge in [0.1, 0.15) is 5.82 Å². The second-order valence-corrected chi connectivity index (χ2v) is 8.55. The molecule has 34 heavy (non-hydrogen) atoms. The van der Waals surface area contributed by atoms with Gasteiger partial charge in [-0.1, -0.05) is 37.3 Å². The number of nitriles is 1. The van der Waals surface area contributed by atoms with E-state index in [1.807, 2.05) is 12.1 Å². The number of ether oxygens (including phenoxy) is 1. The van der Waals surface area contributed by atoms with Crippen molar-refractivity contribution in [3.8, 4) is 17.2 Å². The fourth-order valence-corrected chi connectivity index (χ4v) is 4.17. The minimum absolute atomic E-state index is 0.147. The summed E-state index contributed by atoms with van der Waals surface area (Å²) in [6, 6.07) is 17.2. The van der Waals surface area contributed by atoms with Gasteiger partial charge in [-0.2, -0.15) is 5.26 Å². The normalized spacial score (nSPS) is 17.3. The summed E-state index contributed by atoms with van der Waals surface area (Å²) in [4.78, 5) is 17.3. The first-order valence-corrected chi connectivity index (χ1v) is 11.5. The van der Waals surface area contributed by atoms with Gasteiger partial charge in [0.15, 0.2) is 0 Å². The number of rotatable bonds is 7. The van der Waals surface area contributed by atoms with Gasteiger partial charge in [0.2, 0.25) is 0 Å². The van der Waals surface area contributed by atoms with Crippen LogP contribution in [0.4, 0.5) is 5.82 Å². The smallest absolute Gasteiger partial charge is 0.255 e. The molecule has 0 spiro atoms. The second-order valence-electron chi connectivity index (χ2n) is 8.55. The molecule has 7 heteroatoms. The number of amides is 1. The Labute approximate surface area is 200 Å². The van der Waals surface area contributed by atoms with Crippen molar-refractivity contribution >= 4 is 11.7 Å².